The van der Waals surface area contributed by atoms with Crippen LogP contribution in [-0.4, -0.2) is 13.1 Å². The van der Waals surface area contributed by atoms with Gasteiger partial charge >= 0.3 is 0 Å². The van der Waals surface area contributed by atoms with Gasteiger partial charge in [-0.25, -0.2) is 0 Å². The molecule has 4 rings (SSSR count). The van der Waals surface area contributed by atoms with Crippen LogP contribution in [0.3, 0.4) is 0 Å². The van der Waals surface area contributed by atoms with Crippen LogP contribution in [0.15, 0.2) is 42.5 Å². The first-order valence-corrected chi connectivity index (χ1v) is 7.54. The normalized spacial score (nSPS) is 20.7. The Labute approximate surface area is 120 Å². The van der Waals surface area contributed by atoms with E-state index in [0.29, 0.717) is 5.92 Å². The van der Waals surface area contributed by atoms with Crippen molar-refractivity contribution in [2.75, 3.05) is 18.4 Å². The van der Waals surface area contributed by atoms with E-state index in [0.717, 1.165) is 26.1 Å². The Hall–Kier alpha value is -1.80. The van der Waals surface area contributed by atoms with E-state index in [9.17, 15) is 0 Å². The van der Waals surface area contributed by atoms with E-state index in [1.165, 1.54) is 28.8 Å². The molecule has 0 saturated heterocycles. The molecule has 1 unspecified atom stereocenters. The molecule has 2 aromatic carbocycles. The van der Waals surface area contributed by atoms with Gasteiger partial charge in [0.1, 0.15) is 0 Å². The summed E-state index contributed by atoms with van der Waals surface area (Å²) in [6.45, 7) is 3.19. The maximum absolute atomic E-state index is 3.58. The minimum absolute atomic E-state index is 0.602. The number of fused-ring (bicyclic) bond motifs is 2. The molecule has 0 bridgehead atoms. The highest BCUT2D eigenvalue weighted by Crippen LogP contribution is 2.31. The van der Waals surface area contributed by atoms with Crippen molar-refractivity contribution in [2.45, 2.75) is 25.3 Å². The van der Waals surface area contributed by atoms with E-state index < -0.39 is 0 Å². The summed E-state index contributed by atoms with van der Waals surface area (Å²) in [4.78, 5) is 0. The van der Waals surface area contributed by atoms with Crippen LogP contribution in [0.4, 0.5) is 5.69 Å². The Morgan fingerprint density at radius 3 is 2.90 bits per heavy atom. The standard InChI is InChI=1S/C18H20N2/c1-2-4-18-15(3-1)10-17(12-20-18)13-5-6-16-11-19-8-7-14(16)9-13/h1-6,9,17,19-20H,7-8,10-12H2. The van der Waals surface area contributed by atoms with Gasteiger partial charge < -0.3 is 10.6 Å². The fourth-order valence-corrected chi connectivity index (χ4v) is 3.43. The highest BCUT2D eigenvalue weighted by Gasteiger charge is 2.20. The predicted octanol–water partition coefficient (Wildman–Crippen LogP) is 3.08. The Bertz CT molecular complexity index is 633. The van der Waals surface area contributed by atoms with Crippen molar-refractivity contribution in [3.8, 4) is 0 Å². The topological polar surface area (TPSA) is 24.1 Å². The highest BCUT2D eigenvalue weighted by molar-refractivity contribution is 5.54. The second-order valence-corrected chi connectivity index (χ2v) is 5.89. The summed E-state index contributed by atoms with van der Waals surface area (Å²) < 4.78 is 0. The second-order valence-electron chi connectivity index (χ2n) is 5.89. The molecule has 20 heavy (non-hydrogen) atoms. The molecule has 2 N–H and O–H groups in total. The molecule has 0 spiro atoms. The van der Waals surface area contributed by atoms with Crippen molar-refractivity contribution < 1.29 is 0 Å². The molecule has 2 nitrogen and oxygen atoms in total. The van der Waals surface area contributed by atoms with Crippen LogP contribution in [0.5, 0.6) is 0 Å². The number of hydrogen-bond acceptors (Lipinski definition) is 2. The Balaban J connectivity index is 1.63. The summed E-state index contributed by atoms with van der Waals surface area (Å²) in [7, 11) is 0. The SMILES string of the molecule is c1ccc2c(c1)CC(c1ccc3c(c1)CCNC3)CN2. The fourth-order valence-electron chi connectivity index (χ4n) is 3.43. The Kier molecular flexibility index (Phi) is 2.96. The summed E-state index contributed by atoms with van der Waals surface area (Å²) in [5.41, 5.74) is 7.27. The monoisotopic (exact) mass is 264 g/mol. The zero-order chi connectivity index (χ0) is 13.4. The van der Waals surface area contributed by atoms with Gasteiger partial charge in [-0.2, -0.15) is 0 Å². The van der Waals surface area contributed by atoms with Crippen LogP contribution in [0.1, 0.15) is 28.2 Å². The molecular formula is C18H20N2. The van der Waals surface area contributed by atoms with Gasteiger partial charge in [0.05, 0.1) is 0 Å². The van der Waals surface area contributed by atoms with E-state index in [1.54, 1.807) is 5.56 Å². The van der Waals surface area contributed by atoms with E-state index in [4.69, 9.17) is 0 Å². The average Bonchev–Trinajstić information content (AvgIpc) is 2.54. The summed E-state index contributed by atoms with van der Waals surface area (Å²) in [5, 5.41) is 7.02. The van der Waals surface area contributed by atoms with Gasteiger partial charge in [-0.15, -0.1) is 0 Å². The van der Waals surface area contributed by atoms with Crippen LogP contribution in [0.2, 0.25) is 0 Å². The Morgan fingerprint density at radius 2 is 1.90 bits per heavy atom. The van der Waals surface area contributed by atoms with Gasteiger partial charge in [-0.1, -0.05) is 36.4 Å². The number of anilines is 1. The maximum atomic E-state index is 3.58. The van der Waals surface area contributed by atoms with Crippen LogP contribution in [0, 0.1) is 0 Å². The lowest BCUT2D eigenvalue weighted by molar-refractivity contribution is 0.637. The molecule has 2 heterocycles. The maximum Gasteiger partial charge on any atom is 0.0373 e. The van der Waals surface area contributed by atoms with Crippen LogP contribution in [-0.2, 0) is 19.4 Å². The zero-order valence-corrected chi connectivity index (χ0v) is 11.7. The fraction of sp³-hybridized carbons (Fsp3) is 0.333. The molecule has 0 fully saturated rings. The Morgan fingerprint density at radius 1 is 0.950 bits per heavy atom. The van der Waals surface area contributed by atoms with E-state index in [-0.39, 0.29) is 0 Å². The van der Waals surface area contributed by atoms with E-state index >= 15 is 0 Å². The molecule has 2 aliphatic heterocycles. The third kappa shape index (κ3) is 2.10. The van der Waals surface area contributed by atoms with Gasteiger partial charge in [0, 0.05) is 24.7 Å². The smallest absolute Gasteiger partial charge is 0.0373 e. The molecule has 102 valence electrons. The largest absolute Gasteiger partial charge is 0.384 e. The molecule has 0 amide bonds. The number of benzene rings is 2. The number of para-hydroxylation sites is 1. The van der Waals surface area contributed by atoms with Gasteiger partial charge in [0.15, 0.2) is 0 Å². The van der Waals surface area contributed by atoms with Gasteiger partial charge in [0.25, 0.3) is 0 Å². The first-order valence-electron chi connectivity index (χ1n) is 7.54. The van der Waals surface area contributed by atoms with E-state index in [1.807, 2.05) is 0 Å². The minimum atomic E-state index is 0.602. The lowest BCUT2D eigenvalue weighted by atomic mass is 9.86. The second kappa shape index (κ2) is 4.95. The summed E-state index contributed by atoms with van der Waals surface area (Å²) in [6, 6.07) is 15.8. The van der Waals surface area contributed by atoms with Crippen LogP contribution in [0.25, 0.3) is 0 Å². The lowest BCUT2D eigenvalue weighted by Crippen LogP contribution is -2.25. The summed E-state index contributed by atoms with van der Waals surface area (Å²) in [6.07, 6.45) is 2.32. The molecule has 2 heteroatoms. The van der Waals surface area contributed by atoms with Crippen molar-refractivity contribution in [1.82, 2.24) is 5.32 Å². The average molecular weight is 264 g/mol. The molecule has 0 aromatic heterocycles. The summed E-state index contributed by atoms with van der Waals surface area (Å²) >= 11 is 0. The van der Waals surface area contributed by atoms with Gasteiger partial charge in [-0.05, 0) is 47.7 Å². The van der Waals surface area contributed by atoms with Crippen molar-refractivity contribution in [3.05, 3.63) is 64.7 Å². The third-order valence-corrected chi connectivity index (χ3v) is 4.61. The third-order valence-electron chi connectivity index (χ3n) is 4.61. The molecule has 2 aliphatic rings. The van der Waals surface area contributed by atoms with Crippen molar-refractivity contribution in [1.29, 1.82) is 0 Å². The molecule has 2 aromatic rings. The lowest BCUT2D eigenvalue weighted by Gasteiger charge is -2.28. The van der Waals surface area contributed by atoms with Gasteiger partial charge in [-0.3, -0.25) is 0 Å². The first kappa shape index (κ1) is 12.0. The zero-order valence-electron chi connectivity index (χ0n) is 11.7. The molecule has 0 radical (unpaired) electrons. The predicted molar refractivity (Wildman–Crippen MR) is 83.2 cm³/mol. The number of rotatable bonds is 1. The molecule has 0 aliphatic carbocycles. The quantitative estimate of drug-likeness (QED) is 0.827. The number of hydrogen-bond donors (Lipinski definition) is 2. The number of nitrogens with one attached hydrogen (secondary N) is 2. The molecule has 1 atom stereocenters. The van der Waals surface area contributed by atoms with Crippen LogP contribution < -0.4 is 10.6 Å². The molecule has 0 saturated carbocycles. The van der Waals surface area contributed by atoms with E-state index in [2.05, 4.69) is 53.1 Å². The molecular weight excluding hydrogens is 244 g/mol. The van der Waals surface area contributed by atoms with Gasteiger partial charge in [0.2, 0.25) is 0 Å². The van der Waals surface area contributed by atoms with Crippen molar-refractivity contribution >= 4 is 5.69 Å². The highest BCUT2D eigenvalue weighted by atomic mass is 14.9. The van der Waals surface area contributed by atoms with Crippen LogP contribution >= 0.6 is 0 Å². The van der Waals surface area contributed by atoms with Crippen molar-refractivity contribution in [2.24, 2.45) is 0 Å². The van der Waals surface area contributed by atoms with Crippen molar-refractivity contribution in [3.63, 3.8) is 0 Å². The first-order chi connectivity index (χ1) is 9.90. The minimum Gasteiger partial charge on any atom is -0.384 e. The summed E-state index contributed by atoms with van der Waals surface area (Å²) in [5.74, 6) is 0.602.